The molecule has 2 N–H and O–H groups in total. The summed E-state index contributed by atoms with van der Waals surface area (Å²) < 4.78 is 6.15. The molecule has 2 amide bonds. The lowest BCUT2D eigenvalue weighted by Crippen LogP contribution is -2.37. The zero-order valence-corrected chi connectivity index (χ0v) is 21.9. The van der Waals surface area contributed by atoms with Gasteiger partial charge in [-0.3, -0.25) is 14.6 Å². The maximum absolute atomic E-state index is 13.2. The Balaban J connectivity index is 1.23. The van der Waals surface area contributed by atoms with Gasteiger partial charge in [-0.2, -0.15) is 0 Å². The molecule has 1 aromatic heterocycles. The molecular weight excluding hydrogens is 536 g/mol. The van der Waals surface area contributed by atoms with Crippen molar-refractivity contribution >= 4 is 39.4 Å². The van der Waals surface area contributed by atoms with Crippen molar-refractivity contribution in [2.24, 2.45) is 0 Å². The second kappa shape index (κ2) is 13.1. The van der Waals surface area contributed by atoms with Crippen LogP contribution in [0, 0.1) is 0 Å². The molecule has 9 heteroatoms. The van der Waals surface area contributed by atoms with Gasteiger partial charge in [0.15, 0.2) is 0 Å². The van der Waals surface area contributed by atoms with E-state index in [9.17, 15) is 14.4 Å². The molecular formula is C28H29BrN4O4. The minimum Gasteiger partial charge on any atom is -0.464 e. The number of anilines is 1. The third kappa shape index (κ3) is 7.24. The molecule has 1 aliphatic rings. The summed E-state index contributed by atoms with van der Waals surface area (Å²) in [5.74, 6) is -0.731. The molecule has 1 atom stereocenters. The van der Waals surface area contributed by atoms with Crippen molar-refractivity contribution in [2.45, 2.75) is 25.3 Å². The lowest BCUT2D eigenvalue weighted by molar-refractivity contribution is -0.146. The average molecular weight is 565 g/mol. The Morgan fingerprint density at radius 3 is 2.68 bits per heavy atom. The van der Waals surface area contributed by atoms with E-state index in [-0.39, 0.29) is 37.4 Å². The number of carbonyl (C=O) groups excluding carboxylic acids is 3. The van der Waals surface area contributed by atoms with E-state index < -0.39 is 6.04 Å². The summed E-state index contributed by atoms with van der Waals surface area (Å²) in [5, 5.41) is 6.06. The summed E-state index contributed by atoms with van der Waals surface area (Å²) in [6, 6.07) is 18.3. The Kier molecular flexibility index (Phi) is 9.40. The summed E-state index contributed by atoms with van der Waals surface area (Å²) >= 11 is 3.35. The van der Waals surface area contributed by atoms with E-state index in [1.807, 2.05) is 54.6 Å². The Morgan fingerprint density at radius 1 is 1.08 bits per heavy atom. The van der Waals surface area contributed by atoms with Gasteiger partial charge in [-0.25, -0.2) is 4.79 Å². The number of aromatic nitrogens is 1. The van der Waals surface area contributed by atoms with Crippen LogP contribution in [-0.2, 0) is 20.7 Å². The second-order valence-electron chi connectivity index (χ2n) is 8.64. The van der Waals surface area contributed by atoms with Crippen LogP contribution in [-0.4, -0.2) is 49.0 Å². The van der Waals surface area contributed by atoms with Crippen molar-refractivity contribution in [1.29, 1.82) is 0 Å². The van der Waals surface area contributed by atoms with Crippen molar-refractivity contribution in [3.63, 3.8) is 0 Å². The van der Waals surface area contributed by atoms with Crippen LogP contribution in [0.4, 0.5) is 5.69 Å². The van der Waals surface area contributed by atoms with E-state index in [1.54, 1.807) is 17.2 Å². The van der Waals surface area contributed by atoms with E-state index in [1.165, 1.54) is 6.20 Å². The Morgan fingerprint density at radius 2 is 1.86 bits per heavy atom. The number of benzene rings is 2. The normalized spacial score (nSPS) is 14.4. The molecule has 8 nitrogen and oxygen atoms in total. The lowest BCUT2D eigenvalue weighted by atomic mass is 9.94. The molecule has 0 saturated heterocycles. The quantitative estimate of drug-likeness (QED) is 0.287. The molecule has 1 aliphatic heterocycles. The Labute approximate surface area is 224 Å². The summed E-state index contributed by atoms with van der Waals surface area (Å²) in [5.41, 5.74) is 3.25. The van der Waals surface area contributed by atoms with E-state index in [0.717, 1.165) is 24.1 Å². The molecule has 1 unspecified atom stereocenters. The molecule has 0 aliphatic carbocycles. The summed E-state index contributed by atoms with van der Waals surface area (Å²) in [4.78, 5) is 43.8. The SMILES string of the molecule is O=C(CCN(C(=O)c1cncc(Br)c1)c1ccccc1)NCCCOC(=O)C1NCCc2ccccc21. The van der Waals surface area contributed by atoms with Crippen LogP contribution in [0.1, 0.15) is 40.4 Å². The van der Waals surface area contributed by atoms with Gasteiger partial charge in [0.25, 0.3) is 5.91 Å². The second-order valence-corrected chi connectivity index (χ2v) is 9.56. The van der Waals surface area contributed by atoms with Crippen LogP contribution in [0.2, 0.25) is 0 Å². The third-order valence-electron chi connectivity index (χ3n) is 6.06. The van der Waals surface area contributed by atoms with Crippen LogP contribution < -0.4 is 15.5 Å². The topological polar surface area (TPSA) is 101 Å². The van der Waals surface area contributed by atoms with Gasteiger partial charge < -0.3 is 20.3 Å². The summed E-state index contributed by atoms with van der Waals surface area (Å²) in [6.45, 7) is 1.52. The number of pyridine rings is 1. The number of para-hydroxylation sites is 1. The molecule has 4 rings (SSSR count). The molecule has 0 fully saturated rings. The van der Waals surface area contributed by atoms with E-state index in [4.69, 9.17) is 4.74 Å². The zero-order valence-electron chi connectivity index (χ0n) is 20.4. The first-order chi connectivity index (χ1) is 18.0. The van der Waals surface area contributed by atoms with Gasteiger partial charge in [-0.15, -0.1) is 0 Å². The van der Waals surface area contributed by atoms with Crippen LogP contribution in [0.15, 0.2) is 77.5 Å². The predicted molar refractivity (Wildman–Crippen MR) is 144 cm³/mol. The Bertz CT molecular complexity index is 1240. The Hall–Kier alpha value is -3.56. The fourth-order valence-corrected chi connectivity index (χ4v) is 4.58. The third-order valence-corrected chi connectivity index (χ3v) is 6.49. The van der Waals surface area contributed by atoms with Crippen molar-refractivity contribution in [3.05, 3.63) is 94.2 Å². The first kappa shape index (κ1) is 26.5. The molecule has 2 aromatic carbocycles. The highest BCUT2D eigenvalue weighted by Gasteiger charge is 2.27. The van der Waals surface area contributed by atoms with Crippen molar-refractivity contribution in [2.75, 3.05) is 31.1 Å². The van der Waals surface area contributed by atoms with Crippen LogP contribution >= 0.6 is 15.9 Å². The maximum atomic E-state index is 13.2. The van der Waals surface area contributed by atoms with Gasteiger partial charge >= 0.3 is 5.97 Å². The minimum absolute atomic E-state index is 0.130. The fourth-order valence-electron chi connectivity index (χ4n) is 4.21. The minimum atomic E-state index is -0.457. The monoisotopic (exact) mass is 564 g/mol. The van der Waals surface area contributed by atoms with E-state index >= 15 is 0 Å². The van der Waals surface area contributed by atoms with Gasteiger partial charge in [0.05, 0.1) is 12.2 Å². The van der Waals surface area contributed by atoms with Crippen LogP contribution in [0.5, 0.6) is 0 Å². The molecule has 0 spiro atoms. The van der Waals surface area contributed by atoms with Gasteiger partial charge in [-0.1, -0.05) is 42.5 Å². The molecule has 0 bridgehead atoms. The highest BCUT2D eigenvalue weighted by Crippen LogP contribution is 2.23. The number of nitrogens with zero attached hydrogens (tertiary/aromatic N) is 2. The molecule has 192 valence electrons. The number of esters is 1. The van der Waals surface area contributed by atoms with Crippen LogP contribution in [0.25, 0.3) is 0 Å². The zero-order chi connectivity index (χ0) is 26.0. The molecule has 0 radical (unpaired) electrons. The molecule has 0 saturated carbocycles. The standard InChI is InChI=1S/C28H29BrN4O4/c29-22-17-21(18-30-19-22)27(35)33(23-8-2-1-3-9-23)15-12-25(34)31-13-6-16-37-28(36)26-24-10-5-4-7-20(24)11-14-32-26/h1-5,7-10,17-19,26,32H,6,11-16H2,(H,31,34). The van der Waals surface area contributed by atoms with Gasteiger partial charge in [0.1, 0.15) is 6.04 Å². The molecule has 2 heterocycles. The number of carbonyl (C=O) groups is 3. The number of halogens is 1. The van der Waals surface area contributed by atoms with Crippen LogP contribution in [0.3, 0.4) is 0 Å². The highest BCUT2D eigenvalue weighted by molar-refractivity contribution is 9.10. The lowest BCUT2D eigenvalue weighted by Gasteiger charge is -2.25. The van der Waals surface area contributed by atoms with Crippen molar-refractivity contribution in [1.82, 2.24) is 15.6 Å². The molecule has 3 aromatic rings. The predicted octanol–water partition coefficient (Wildman–Crippen LogP) is 3.82. The van der Waals surface area contributed by atoms with Crippen molar-refractivity contribution in [3.8, 4) is 0 Å². The number of rotatable bonds is 10. The number of amides is 2. The first-order valence-corrected chi connectivity index (χ1v) is 13.0. The smallest absolute Gasteiger partial charge is 0.327 e. The number of fused-ring (bicyclic) bond motifs is 1. The number of nitrogens with one attached hydrogen (secondary N) is 2. The van der Waals surface area contributed by atoms with Gasteiger partial charge in [0.2, 0.25) is 5.91 Å². The van der Waals surface area contributed by atoms with E-state index in [0.29, 0.717) is 28.7 Å². The maximum Gasteiger partial charge on any atom is 0.327 e. The fraction of sp³-hybridized carbons (Fsp3) is 0.286. The summed E-state index contributed by atoms with van der Waals surface area (Å²) in [6.07, 6.45) is 4.63. The summed E-state index contributed by atoms with van der Waals surface area (Å²) in [7, 11) is 0. The van der Waals surface area contributed by atoms with E-state index in [2.05, 4.69) is 31.5 Å². The van der Waals surface area contributed by atoms with Crippen molar-refractivity contribution < 1.29 is 19.1 Å². The number of hydrogen-bond donors (Lipinski definition) is 2. The highest BCUT2D eigenvalue weighted by atomic mass is 79.9. The average Bonchev–Trinajstić information content (AvgIpc) is 2.93. The van der Waals surface area contributed by atoms with Gasteiger partial charge in [-0.05, 0) is 58.1 Å². The molecule has 37 heavy (non-hydrogen) atoms. The number of ether oxygens (including phenoxy) is 1. The largest absolute Gasteiger partial charge is 0.464 e. The number of hydrogen-bond acceptors (Lipinski definition) is 6. The first-order valence-electron chi connectivity index (χ1n) is 12.2. The van der Waals surface area contributed by atoms with Gasteiger partial charge in [0, 0.05) is 48.6 Å².